The summed E-state index contributed by atoms with van der Waals surface area (Å²) in [4.78, 5) is 1.32. The minimum Gasteiger partial charge on any atom is -0.330 e. The van der Waals surface area contributed by atoms with Crippen LogP contribution in [0.2, 0.25) is 0 Å². The molecule has 0 aliphatic carbocycles. The number of benzene rings is 1. The average Bonchev–Trinajstić information content (AvgIpc) is 2.22. The van der Waals surface area contributed by atoms with Crippen molar-refractivity contribution in [3.05, 3.63) is 28.2 Å². The Kier molecular flexibility index (Phi) is 5.72. The Balaban J connectivity index is 2.74. The lowest BCUT2D eigenvalue weighted by Gasteiger charge is -2.10. The zero-order valence-electron chi connectivity index (χ0n) is 9.29. The van der Waals surface area contributed by atoms with Crippen molar-refractivity contribution in [2.45, 2.75) is 36.8 Å². The Bertz CT molecular complexity index is 314. The summed E-state index contributed by atoms with van der Waals surface area (Å²) < 4.78 is 1.19. The molecule has 1 rings (SSSR count). The monoisotopic (exact) mass is 287 g/mol. The van der Waals surface area contributed by atoms with E-state index in [2.05, 4.69) is 48.0 Å². The maximum Gasteiger partial charge on any atom is 0.0314 e. The first-order valence-corrected chi connectivity index (χ1v) is 6.99. The zero-order valence-corrected chi connectivity index (χ0v) is 11.7. The van der Waals surface area contributed by atoms with Gasteiger partial charge in [-0.25, -0.2) is 0 Å². The lowest BCUT2D eigenvalue weighted by Crippen LogP contribution is -2.02. The highest BCUT2D eigenvalue weighted by atomic mass is 79.9. The lowest BCUT2D eigenvalue weighted by molar-refractivity contribution is 0.904. The third kappa shape index (κ3) is 4.17. The predicted octanol–water partition coefficient (Wildman–Crippen LogP) is 3.84. The maximum atomic E-state index is 5.53. The minimum absolute atomic E-state index is 0.668. The van der Waals surface area contributed by atoms with Gasteiger partial charge in [-0.15, -0.1) is 11.8 Å². The first kappa shape index (κ1) is 13.1. The summed E-state index contributed by atoms with van der Waals surface area (Å²) in [6, 6.07) is 6.53. The minimum atomic E-state index is 0.668. The standard InChI is InChI=1S/C12H18BrNS/c1-3-9(2)15-12-5-4-10(6-7-14)8-11(12)13/h4-5,8-9H,3,6-7,14H2,1-2H3. The van der Waals surface area contributed by atoms with Crippen LogP contribution in [0.1, 0.15) is 25.8 Å². The highest BCUT2D eigenvalue weighted by Crippen LogP contribution is 2.32. The van der Waals surface area contributed by atoms with Crippen LogP contribution in [0.5, 0.6) is 0 Å². The van der Waals surface area contributed by atoms with Gasteiger partial charge in [-0.2, -0.15) is 0 Å². The van der Waals surface area contributed by atoms with Crippen LogP contribution in [0.25, 0.3) is 0 Å². The van der Waals surface area contributed by atoms with Crippen molar-refractivity contribution in [3.8, 4) is 0 Å². The van der Waals surface area contributed by atoms with E-state index in [1.807, 2.05) is 11.8 Å². The fraction of sp³-hybridized carbons (Fsp3) is 0.500. The first-order chi connectivity index (χ1) is 7.17. The topological polar surface area (TPSA) is 26.0 Å². The fourth-order valence-electron chi connectivity index (χ4n) is 1.26. The molecule has 0 saturated heterocycles. The van der Waals surface area contributed by atoms with Gasteiger partial charge in [0.2, 0.25) is 0 Å². The van der Waals surface area contributed by atoms with Crippen molar-refractivity contribution in [1.82, 2.24) is 0 Å². The van der Waals surface area contributed by atoms with E-state index in [0.29, 0.717) is 11.8 Å². The summed E-state index contributed by atoms with van der Waals surface area (Å²) in [7, 11) is 0. The molecule has 0 heterocycles. The molecule has 0 aliphatic rings. The van der Waals surface area contributed by atoms with Crippen LogP contribution >= 0.6 is 27.7 Å². The summed E-state index contributed by atoms with van der Waals surface area (Å²) in [5.41, 5.74) is 6.83. The molecule has 1 nitrogen and oxygen atoms in total. The Morgan fingerprint density at radius 2 is 2.20 bits per heavy atom. The molecule has 0 radical (unpaired) electrons. The fourth-order valence-corrected chi connectivity index (χ4v) is 2.89. The molecule has 0 aliphatic heterocycles. The third-order valence-electron chi connectivity index (χ3n) is 2.33. The van der Waals surface area contributed by atoms with Crippen LogP contribution in [0.15, 0.2) is 27.6 Å². The van der Waals surface area contributed by atoms with Crippen LogP contribution in [0.3, 0.4) is 0 Å². The van der Waals surface area contributed by atoms with Gasteiger partial charge >= 0.3 is 0 Å². The van der Waals surface area contributed by atoms with Crippen LogP contribution in [0, 0.1) is 0 Å². The third-order valence-corrected chi connectivity index (χ3v) is 4.60. The van der Waals surface area contributed by atoms with Gasteiger partial charge in [0, 0.05) is 14.6 Å². The molecule has 84 valence electrons. The van der Waals surface area contributed by atoms with Gasteiger partial charge in [0.05, 0.1) is 0 Å². The normalized spacial score (nSPS) is 12.8. The van der Waals surface area contributed by atoms with Crippen LogP contribution in [0.4, 0.5) is 0 Å². The van der Waals surface area contributed by atoms with E-state index in [0.717, 1.165) is 6.42 Å². The van der Waals surface area contributed by atoms with Gasteiger partial charge in [0.25, 0.3) is 0 Å². The molecule has 1 aromatic carbocycles. The van der Waals surface area contributed by atoms with E-state index in [1.54, 1.807) is 0 Å². The Morgan fingerprint density at radius 1 is 1.47 bits per heavy atom. The van der Waals surface area contributed by atoms with E-state index < -0.39 is 0 Å². The van der Waals surface area contributed by atoms with Gasteiger partial charge in [-0.3, -0.25) is 0 Å². The smallest absolute Gasteiger partial charge is 0.0314 e. The largest absolute Gasteiger partial charge is 0.330 e. The van der Waals surface area contributed by atoms with E-state index in [9.17, 15) is 0 Å². The summed E-state index contributed by atoms with van der Waals surface area (Å²) in [6.07, 6.45) is 2.15. The molecule has 0 fully saturated rings. The second-order valence-corrected chi connectivity index (χ2v) is 5.97. The molecule has 3 heteroatoms. The van der Waals surface area contributed by atoms with Crippen molar-refractivity contribution in [3.63, 3.8) is 0 Å². The van der Waals surface area contributed by atoms with Gasteiger partial charge in [0.1, 0.15) is 0 Å². The number of rotatable bonds is 5. The van der Waals surface area contributed by atoms with Gasteiger partial charge in [-0.05, 0) is 53.0 Å². The number of halogens is 1. The molecule has 0 amide bonds. The molecule has 0 saturated carbocycles. The van der Waals surface area contributed by atoms with E-state index in [-0.39, 0.29) is 0 Å². The highest BCUT2D eigenvalue weighted by molar-refractivity contribution is 9.10. The molecular weight excluding hydrogens is 270 g/mol. The Hall–Kier alpha value is 0.01000. The second-order valence-electron chi connectivity index (χ2n) is 3.64. The SMILES string of the molecule is CCC(C)Sc1ccc(CCN)cc1Br. The van der Waals surface area contributed by atoms with Crippen molar-refractivity contribution in [1.29, 1.82) is 0 Å². The maximum absolute atomic E-state index is 5.53. The molecule has 1 atom stereocenters. The highest BCUT2D eigenvalue weighted by Gasteiger charge is 2.06. The van der Waals surface area contributed by atoms with Crippen molar-refractivity contribution >= 4 is 27.7 Å². The molecule has 1 aromatic rings. The van der Waals surface area contributed by atoms with E-state index in [4.69, 9.17) is 5.73 Å². The van der Waals surface area contributed by atoms with Crippen molar-refractivity contribution in [2.24, 2.45) is 5.73 Å². The van der Waals surface area contributed by atoms with Gasteiger partial charge in [0.15, 0.2) is 0 Å². The van der Waals surface area contributed by atoms with Crippen LogP contribution in [-0.2, 0) is 6.42 Å². The summed E-state index contributed by atoms with van der Waals surface area (Å²) in [6.45, 7) is 5.18. The molecule has 0 aromatic heterocycles. The number of hydrogen-bond acceptors (Lipinski definition) is 2. The molecule has 1 unspecified atom stereocenters. The summed E-state index contributed by atoms with van der Waals surface area (Å²) >= 11 is 5.53. The predicted molar refractivity (Wildman–Crippen MR) is 72.5 cm³/mol. The lowest BCUT2D eigenvalue weighted by atomic mass is 10.2. The molecule has 2 N–H and O–H groups in total. The second kappa shape index (κ2) is 6.56. The van der Waals surface area contributed by atoms with Gasteiger partial charge in [-0.1, -0.05) is 19.9 Å². The van der Waals surface area contributed by atoms with Crippen molar-refractivity contribution in [2.75, 3.05) is 6.54 Å². The summed E-state index contributed by atoms with van der Waals surface area (Å²) in [5.74, 6) is 0. The van der Waals surface area contributed by atoms with E-state index in [1.165, 1.54) is 21.4 Å². The number of thioether (sulfide) groups is 1. The van der Waals surface area contributed by atoms with E-state index >= 15 is 0 Å². The van der Waals surface area contributed by atoms with Crippen LogP contribution < -0.4 is 5.73 Å². The number of hydrogen-bond donors (Lipinski definition) is 1. The average molecular weight is 288 g/mol. The zero-order chi connectivity index (χ0) is 11.3. The van der Waals surface area contributed by atoms with Gasteiger partial charge < -0.3 is 5.73 Å². The van der Waals surface area contributed by atoms with Crippen molar-refractivity contribution < 1.29 is 0 Å². The Morgan fingerprint density at radius 3 is 2.73 bits per heavy atom. The quantitative estimate of drug-likeness (QED) is 0.833. The Labute approximate surface area is 105 Å². The van der Waals surface area contributed by atoms with Crippen LogP contribution in [-0.4, -0.2) is 11.8 Å². The molecular formula is C12H18BrNS. The molecule has 15 heavy (non-hydrogen) atoms. The summed E-state index contributed by atoms with van der Waals surface area (Å²) in [5, 5.41) is 0.668. The first-order valence-electron chi connectivity index (χ1n) is 5.32. The number of nitrogens with two attached hydrogens (primary N) is 1. The molecule has 0 spiro atoms. The molecule has 0 bridgehead atoms.